The normalized spacial score (nSPS) is 12.2. The van der Waals surface area contributed by atoms with E-state index in [9.17, 15) is 0 Å². The minimum Gasteiger partial charge on any atom is -0.381 e. The van der Waals surface area contributed by atoms with Crippen LogP contribution in [0.3, 0.4) is 0 Å². The number of nitrogens with zero attached hydrogens (tertiary/aromatic N) is 3. The van der Waals surface area contributed by atoms with E-state index in [1.54, 1.807) is 6.33 Å². The van der Waals surface area contributed by atoms with Crippen LogP contribution in [-0.4, -0.2) is 14.4 Å². The Morgan fingerprint density at radius 1 is 1.29 bits per heavy atom. The lowest BCUT2D eigenvalue weighted by Gasteiger charge is -2.18. The molecule has 0 atom stereocenters. The number of rotatable bonds is 0. The van der Waals surface area contributed by atoms with Gasteiger partial charge in [0.15, 0.2) is 11.5 Å². The van der Waals surface area contributed by atoms with Crippen LogP contribution in [0.25, 0.3) is 5.65 Å². The zero-order valence-electron chi connectivity index (χ0n) is 8.65. The minimum absolute atomic E-state index is 0.0974. The SMILES string of the molecule is CC(C)(C)c1cnc2c(N)ncn2c1. The van der Waals surface area contributed by atoms with E-state index in [-0.39, 0.29) is 5.41 Å². The van der Waals surface area contributed by atoms with Crippen LogP contribution in [0.15, 0.2) is 18.7 Å². The third kappa shape index (κ3) is 1.32. The van der Waals surface area contributed by atoms with Gasteiger partial charge in [0.2, 0.25) is 0 Å². The Bertz CT molecular complexity index is 464. The number of imidazole rings is 1. The van der Waals surface area contributed by atoms with E-state index in [1.807, 2.05) is 16.8 Å². The Kier molecular flexibility index (Phi) is 1.74. The van der Waals surface area contributed by atoms with Gasteiger partial charge in [0.25, 0.3) is 0 Å². The van der Waals surface area contributed by atoms with Gasteiger partial charge in [0.1, 0.15) is 6.33 Å². The monoisotopic (exact) mass is 190 g/mol. The van der Waals surface area contributed by atoms with Crippen LogP contribution in [-0.2, 0) is 5.41 Å². The predicted molar refractivity (Wildman–Crippen MR) is 56.1 cm³/mol. The van der Waals surface area contributed by atoms with Crippen molar-refractivity contribution in [3.8, 4) is 0 Å². The molecule has 74 valence electrons. The fourth-order valence-electron chi connectivity index (χ4n) is 1.30. The summed E-state index contributed by atoms with van der Waals surface area (Å²) in [6, 6.07) is 0. The molecule has 0 aliphatic heterocycles. The van der Waals surface area contributed by atoms with Gasteiger partial charge in [-0.25, -0.2) is 9.97 Å². The Morgan fingerprint density at radius 2 is 2.00 bits per heavy atom. The average molecular weight is 190 g/mol. The summed E-state index contributed by atoms with van der Waals surface area (Å²) < 4.78 is 1.86. The maximum absolute atomic E-state index is 5.64. The van der Waals surface area contributed by atoms with Gasteiger partial charge in [-0.1, -0.05) is 20.8 Å². The standard InChI is InChI=1S/C10H14N4/c1-10(2,3)7-4-12-9-8(11)13-6-14(9)5-7/h4-6H,11H2,1-3H3. The Balaban J connectivity index is 2.63. The van der Waals surface area contributed by atoms with Gasteiger partial charge in [-0.3, -0.25) is 4.40 Å². The van der Waals surface area contributed by atoms with Crippen molar-refractivity contribution in [2.45, 2.75) is 26.2 Å². The summed E-state index contributed by atoms with van der Waals surface area (Å²) in [6.45, 7) is 6.45. The third-order valence-corrected chi connectivity index (χ3v) is 2.27. The zero-order valence-corrected chi connectivity index (χ0v) is 8.65. The number of anilines is 1. The molecular formula is C10H14N4. The number of fused-ring (bicyclic) bond motifs is 1. The van der Waals surface area contributed by atoms with E-state index in [2.05, 4.69) is 30.7 Å². The van der Waals surface area contributed by atoms with Gasteiger partial charge < -0.3 is 5.73 Å². The topological polar surface area (TPSA) is 56.2 Å². The molecule has 2 heterocycles. The van der Waals surface area contributed by atoms with E-state index in [4.69, 9.17) is 5.73 Å². The highest BCUT2D eigenvalue weighted by Gasteiger charge is 2.15. The molecule has 4 nitrogen and oxygen atoms in total. The Labute approximate surface area is 82.8 Å². The first-order chi connectivity index (χ1) is 6.48. The highest BCUT2D eigenvalue weighted by molar-refractivity contribution is 5.59. The Hall–Kier alpha value is -1.58. The first-order valence-electron chi connectivity index (χ1n) is 4.57. The lowest BCUT2D eigenvalue weighted by atomic mass is 9.89. The van der Waals surface area contributed by atoms with E-state index < -0.39 is 0 Å². The molecule has 0 radical (unpaired) electrons. The minimum atomic E-state index is 0.0974. The van der Waals surface area contributed by atoms with E-state index in [0.29, 0.717) is 5.82 Å². The molecule has 0 unspecified atom stereocenters. The average Bonchev–Trinajstić information content (AvgIpc) is 2.46. The van der Waals surface area contributed by atoms with Gasteiger partial charge in [-0.15, -0.1) is 0 Å². The lowest BCUT2D eigenvalue weighted by Crippen LogP contribution is -2.12. The number of hydrogen-bond donors (Lipinski definition) is 1. The number of hydrogen-bond acceptors (Lipinski definition) is 3. The molecule has 0 amide bonds. The van der Waals surface area contributed by atoms with Crippen molar-refractivity contribution in [3.05, 3.63) is 24.3 Å². The maximum Gasteiger partial charge on any atom is 0.180 e. The molecule has 0 aliphatic rings. The van der Waals surface area contributed by atoms with E-state index in [0.717, 1.165) is 5.65 Å². The van der Waals surface area contributed by atoms with Crippen molar-refractivity contribution in [3.63, 3.8) is 0 Å². The molecule has 0 fully saturated rings. The van der Waals surface area contributed by atoms with Gasteiger partial charge in [-0.05, 0) is 11.0 Å². The first kappa shape index (κ1) is 8.99. The second kappa shape index (κ2) is 2.70. The largest absolute Gasteiger partial charge is 0.381 e. The first-order valence-corrected chi connectivity index (χ1v) is 4.57. The summed E-state index contributed by atoms with van der Waals surface area (Å²) in [5, 5.41) is 0. The smallest absolute Gasteiger partial charge is 0.180 e. The van der Waals surface area contributed by atoms with Crippen LogP contribution in [0.5, 0.6) is 0 Å². The molecule has 4 heteroatoms. The zero-order chi connectivity index (χ0) is 10.3. The highest BCUT2D eigenvalue weighted by atomic mass is 15.1. The van der Waals surface area contributed by atoms with Crippen LogP contribution < -0.4 is 5.73 Å². The number of nitrogens with two attached hydrogens (primary N) is 1. The molecular weight excluding hydrogens is 176 g/mol. The molecule has 2 aromatic heterocycles. The highest BCUT2D eigenvalue weighted by Crippen LogP contribution is 2.22. The summed E-state index contributed by atoms with van der Waals surface area (Å²) in [5.74, 6) is 0.477. The second-order valence-electron chi connectivity index (χ2n) is 4.45. The van der Waals surface area contributed by atoms with Gasteiger partial charge in [0.05, 0.1) is 0 Å². The van der Waals surface area contributed by atoms with Gasteiger partial charge in [-0.2, -0.15) is 0 Å². The summed E-state index contributed by atoms with van der Waals surface area (Å²) in [7, 11) is 0. The molecule has 0 bridgehead atoms. The van der Waals surface area contributed by atoms with Crippen LogP contribution in [0.4, 0.5) is 5.82 Å². The summed E-state index contributed by atoms with van der Waals surface area (Å²) in [4.78, 5) is 8.28. The van der Waals surface area contributed by atoms with Crippen LogP contribution >= 0.6 is 0 Å². The second-order valence-corrected chi connectivity index (χ2v) is 4.45. The fourth-order valence-corrected chi connectivity index (χ4v) is 1.30. The molecule has 0 aliphatic carbocycles. The van der Waals surface area contributed by atoms with Crippen LogP contribution in [0.2, 0.25) is 0 Å². The third-order valence-electron chi connectivity index (χ3n) is 2.27. The van der Waals surface area contributed by atoms with Crippen molar-refractivity contribution in [1.29, 1.82) is 0 Å². The summed E-state index contributed by atoms with van der Waals surface area (Å²) in [6.07, 6.45) is 5.56. The predicted octanol–water partition coefficient (Wildman–Crippen LogP) is 1.61. The van der Waals surface area contributed by atoms with Crippen LogP contribution in [0, 0.1) is 0 Å². The molecule has 0 saturated carbocycles. The van der Waals surface area contributed by atoms with Crippen molar-refractivity contribution in [2.75, 3.05) is 5.73 Å². The van der Waals surface area contributed by atoms with Crippen molar-refractivity contribution in [1.82, 2.24) is 14.4 Å². The molecule has 0 spiro atoms. The fraction of sp³-hybridized carbons (Fsp3) is 0.400. The van der Waals surface area contributed by atoms with E-state index >= 15 is 0 Å². The number of aromatic nitrogens is 3. The van der Waals surface area contributed by atoms with Crippen molar-refractivity contribution < 1.29 is 0 Å². The molecule has 0 aromatic carbocycles. The van der Waals surface area contributed by atoms with Gasteiger partial charge in [0, 0.05) is 12.4 Å². The summed E-state index contributed by atoms with van der Waals surface area (Å²) >= 11 is 0. The lowest BCUT2D eigenvalue weighted by molar-refractivity contribution is 0.583. The Morgan fingerprint density at radius 3 is 2.64 bits per heavy atom. The van der Waals surface area contributed by atoms with Crippen molar-refractivity contribution in [2.24, 2.45) is 0 Å². The molecule has 14 heavy (non-hydrogen) atoms. The van der Waals surface area contributed by atoms with Crippen LogP contribution in [0.1, 0.15) is 26.3 Å². The molecule has 2 N–H and O–H groups in total. The molecule has 2 rings (SSSR count). The van der Waals surface area contributed by atoms with E-state index in [1.165, 1.54) is 5.56 Å². The van der Waals surface area contributed by atoms with Gasteiger partial charge >= 0.3 is 0 Å². The quantitative estimate of drug-likeness (QED) is 0.686. The summed E-state index contributed by atoms with van der Waals surface area (Å²) in [5.41, 5.74) is 7.63. The molecule has 0 saturated heterocycles. The maximum atomic E-state index is 5.64. The molecule has 2 aromatic rings. The number of nitrogen functional groups attached to an aromatic ring is 1. The van der Waals surface area contributed by atoms with Crippen molar-refractivity contribution >= 4 is 11.5 Å².